The lowest BCUT2D eigenvalue weighted by Crippen LogP contribution is -2.38. The molecule has 2 atom stereocenters. The topological polar surface area (TPSA) is 42.0 Å². The highest BCUT2D eigenvalue weighted by molar-refractivity contribution is 5.87. The maximum atomic E-state index is 13.9. The highest BCUT2D eigenvalue weighted by Gasteiger charge is 2.34. The molecule has 158 valence electrons. The summed E-state index contributed by atoms with van der Waals surface area (Å²) in [6.45, 7) is 0. The zero-order valence-electron chi connectivity index (χ0n) is 17.9. The zero-order valence-corrected chi connectivity index (χ0v) is 17.9. The summed E-state index contributed by atoms with van der Waals surface area (Å²) in [5.74, 6) is -0.114. The molecule has 0 radical (unpaired) electrons. The number of nitrogens with zero attached hydrogens (tertiary/aromatic N) is 1. The molecule has 1 amide bonds. The van der Waals surface area contributed by atoms with Gasteiger partial charge in [-0.25, -0.2) is 0 Å². The van der Waals surface area contributed by atoms with E-state index in [1.54, 1.807) is 0 Å². The molecule has 3 heteroatoms. The fourth-order valence-electron chi connectivity index (χ4n) is 4.93. The van der Waals surface area contributed by atoms with Crippen LogP contribution >= 0.6 is 0 Å². The van der Waals surface area contributed by atoms with Crippen LogP contribution in [0.15, 0.2) is 109 Å². The Hall–Kier alpha value is -3.72. The summed E-state index contributed by atoms with van der Waals surface area (Å²) in [5.41, 5.74) is 5.75. The fourth-order valence-corrected chi connectivity index (χ4v) is 4.93. The van der Waals surface area contributed by atoms with Crippen LogP contribution in [0.5, 0.6) is 0 Å². The quantitative estimate of drug-likeness (QED) is 0.445. The van der Waals surface area contributed by atoms with Gasteiger partial charge in [0.1, 0.15) is 0 Å². The Kier molecular flexibility index (Phi) is 5.80. The molecule has 4 aromatic rings. The second-order valence-electron chi connectivity index (χ2n) is 8.37. The van der Waals surface area contributed by atoms with E-state index in [4.69, 9.17) is 0 Å². The summed E-state index contributed by atoms with van der Waals surface area (Å²) in [6, 6.07) is 32.7. The molecule has 0 spiro atoms. The normalized spacial score (nSPS) is 17.5. The second-order valence-corrected chi connectivity index (χ2v) is 8.37. The number of carbonyl (C=O) groups is 1. The van der Waals surface area contributed by atoms with E-state index in [0.717, 1.165) is 24.0 Å². The van der Waals surface area contributed by atoms with Gasteiger partial charge >= 0.3 is 0 Å². The van der Waals surface area contributed by atoms with Crippen LogP contribution in [0.4, 0.5) is 0 Å². The molecule has 32 heavy (non-hydrogen) atoms. The molecule has 0 fully saturated rings. The largest absolute Gasteiger partial charge is 0.348 e. The molecule has 5 rings (SSSR count). The number of aromatic nitrogens is 1. The third kappa shape index (κ3) is 4.06. The molecule has 3 nitrogen and oxygen atoms in total. The first-order chi connectivity index (χ1) is 15.8. The van der Waals surface area contributed by atoms with Gasteiger partial charge in [0.05, 0.1) is 12.0 Å². The predicted molar refractivity (Wildman–Crippen MR) is 127 cm³/mol. The molecule has 0 saturated carbocycles. The number of carbonyl (C=O) groups excluding carboxylic acids is 1. The van der Waals surface area contributed by atoms with Crippen molar-refractivity contribution < 1.29 is 4.79 Å². The summed E-state index contributed by atoms with van der Waals surface area (Å²) < 4.78 is 0. The molecule has 1 aliphatic rings. The lowest BCUT2D eigenvalue weighted by Gasteiger charge is -2.35. The van der Waals surface area contributed by atoms with E-state index < -0.39 is 0 Å². The van der Waals surface area contributed by atoms with Crippen molar-refractivity contribution >= 4 is 5.91 Å². The Morgan fingerprint density at radius 2 is 1.38 bits per heavy atom. The maximum Gasteiger partial charge on any atom is 0.232 e. The maximum absolute atomic E-state index is 13.9. The highest BCUT2D eigenvalue weighted by atomic mass is 16.2. The number of rotatable bonds is 5. The van der Waals surface area contributed by atoms with Crippen LogP contribution in [-0.2, 0) is 11.2 Å². The fraction of sp³-hybridized carbons (Fsp3) is 0.172. The van der Waals surface area contributed by atoms with Crippen LogP contribution in [-0.4, -0.2) is 10.9 Å². The smallest absolute Gasteiger partial charge is 0.232 e. The first-order valence-electron chi connectivity index (χ1n) is 11.2. The van der Waals surface area contributed by atoms with Gasteiger partial charge in [-0.2, -0.15) is 0 Å². The molecule has 0 aliphatic heterocycles. The van der Waals surface area contributed by atoms with Gasteiger partial charge in [0.25, 0.3) is 0 Å². The summed E-state index contributed by atoms with van der Waals surface area (Å²) in [5, 5.41) is 3.46. The number of benzene rings is 3. The second kappa shape index (κ2) is 9.19. The van der Waals surface area contributed by atoms with Crippen molar-refractivity contribution in [1.82, 2.24) is 10.3 Å². The van der Waals surface area contributed by atoms with Gasteiger partial charge in [-0.15, -0.1) is 0 Å². The minimum atomic E-state index is -0.357. The van der Waals surface area contributed by atoms with Crippen molar-refractivity contribution in [2.75, 3.05) is 0 Å². The van der Waals surface area contributed by atoms with Gasteiger partial charge in [0.2, 0.25) is 5.91 Å². The van der Waals surface area contributed by atoms with Crippen molar-refractivity contribution in [1.29, 1.82) is 0 Å². The molecule has 1 N–H and O–H groups in total. The van der Waals surface area contributed by atoms with Crippen molar-refractivity contribution in [2.45, 2.75) is 30.7 Å². The van der Waals surface area contributed by atoms with Crippen molar-refractivity contribution in [3.8, 4) is 0 Å². The van der Waals surface area contributed by atoms with Gasteiger partial charge in [0, 0.05) is 18.3 Å². The number of hydrogen-bond donors (Lipinski definition) is 1. The van der Waals surface area contributed by atoms with Gasteiger partial charge in [-0.1, -0.05) is 84.9 Å². The number of pyridine rings is 1. The Labute approximate surface area is 189 Å². The SMILES string of the molecule is O=C(N[C@H]1c2ccccc2CC[C@H]1c1ccncc1)C(c1ccccc1)c1ccccc1. The number of fused-ring (bicyclic) bond motifs is 1. The lowest BCUT2D eigenvalue weighted by atomic mass is 9.76. The molecule has 1 aromatic heterocycles. The van der Waals surface area contributed by atoms with E-state index in [0.29, 0.717) is 0 Å². The average molecular weight is 419 g/mol. The first-order valence-corrected chi connectivity index (χ1v) is 11.2. The molecule has 0 unspecified atom stereocenters. The molecule has 0 saturated heterocycles. The molecule has 1 aliphatic carbocycles. The van der Waals surface area contributed by atoms with Gasteiger partial charge in [0.15, 0.2) is 0 Å². The number of hydrogen-bond acceptors (Lipinski definition) is 2. The van der Waals surface area contributed by atoms with Gasteiger partial charge in [-0.3, -0.25) is 9.78 Å². The Bertz CT molecular complexity index is 1140. The van der Waals surface area contributed by atoms with Crippen LogP contribution in [0.3, 0.4) is 0 Å². The minimum Gasteiger partial charge on any atom is -0.348 e. The van der Waals surface area contributed by atoms with E-state index in [-0.39, 0.29) is 23.8 Å². The van der Waals surface area contributed by atoms with Crippen LogP contribution in [0.2, 0.25) is 0 Å². The standard InChI is InChI=1S/C29H26N2O/c32-29(27(23-10-3-1-4-11-23)24-12-5-2-6-13-24)31-28-25-14-8-7-9-21(25)15-16-26(28)22-17-19-30-20-18-22/h1-14,17-20,26-28H,15-16H2,(H,31,32)/t26-,28-/m0/s1. The summed E-state index contributed by atoms with van der Waals surface area (Å²) in [4.78, 5) is 18.1. The van der Waals surface area contributed by atoms with Crippen molar-refractivity contribution in [3.63, 3.8) is 0 Å². The monoisotopic (exact) mass is 418 g/mol. The van der Waals surface area contributed by atoms with Crippen LogP contribution < -0.4 is 5.32 Å². The number of nitrogens with one attached hydrogen (secondary N) is 1. The Balaban J connectivity index is 1.53. The molecule has 1 heterocycles. The number of amides is 1. The van der Waals surface area contributed by atoms with E-state index in [9.17, 15) is 4.79 Å². The highest BCUT2D eigenvalue weighted by Crippen LogP contribution is 2.41. The van der Waals surface area contributed by atoms with Gasteiger partial charge < -0.3 is 5.32 Å². The zero-order chi connectivity index (χ0) is 21.8. The van der Waals surface area contributed by atoms with Crippen molar-refractivity contribution in [3.05, 3.63) is 137 Å². The summed E-state index contributed by atoms with van der Waals surface area (Å²) >= 11 is 0. The van der Waals surface area contributed by atoms with E-state index >= 15 is 0 Å². The van der Waals surface area contributed by atoms with Crippen molar-refractivity contribution in [2.24, 2.45) is 0 Å². The van der Waals surface area contributed by atoms with Gasteiger partial charge in [-0.05, 0) is 52.8 Å². The average Bonchev–Trinajstić information content (AvgIpc) is 2.86. The van der Waals surface area contributed by atoms with E-state index in [1.807, 2.05) is 73.1 Å². The molecule has 3 aromatic carbocycles. The van der Waals surface area contributed by atoms with Crippen LogP contribution in [0.25, 0.3) is 0 Å². The minimum absolute atomic E-state index is 0.0307. The first kappa shape index (κ1) is 20.2. The number of aryl methyl sites for hydroxylation is 1. The molecular formula is C29H26N2O. The summed E-state index contributed by atoms with van der Waals surface area (Å²) in [7, 11) is 0. The van der Waals surface area contributed by atoms with Crippen LogP contribution in [0.1, 0.15) is 52.1 Å². The Morgan fingerprint density at radius 3 is 2.03 bits per heavy atom. The molecular weight excluding hydrogens is 392 g/mol. The van der Waals surface area contributed by atoms with E-state index in [2.05, 4.69) is 46.7 Å². The van der Waals surface area contributed by atoms with E-state index in [1.165, 1.54) is 16.7 Å². The Morgan fingerprint density at radius 1 is 0.781 bits per heavy atom. The third-order valence-corrected chi connectivity index (χ3v) is 6.48. The predicted octanol–water partition coefficient (Wildman–Crippen LogP) is 5.80. The third-order valence-electron chi connectivity index (χ3n) is 6.48. The molecule has 0 bridgehead atoms. The summed E-state index contributed by atoms with van der Waals surface area (Å²) in [6.07, 6.45) is 5.68. The lowest BCUT2D eigenvalue weighted by molar-refractivity contribution is -0.122. The van der Waals surface area contributed by atoms with Crippen LogP contribution in [0, 0.1) is 0 Å².